The van der Waals surface area contributed by atoms with Crippen LogP contribution in [0, 0.1) is 17.5 Å². The van der Waals surface area contributed by atoms with E-state index in [0.29, 0.717) is 11.1 Å². The number of hydrogen-bond donors (Lipinski definition) is 0. The molecule has 0 aliphatic heterocycles. The third kappa shape index (κ3) is 2.74. The predicted octanol–water partition coefficient (Wildman–Crippen LogP) is 3.62. The third-order valence-electron chi connectivity index (χ3n) is 2.88. The van der Waals surface area contributed by atoms with Crippen molar-refractivity contribution in [3.8, 4) is 22.5 Å². The van der Waals surface area contributed by atoms with Crippen molar-refractivity contribution in [2.75, 3.05) is 0 Å². The van der Waals surface area contributed by atoms with Gasteiger partial charge >= 0.3 is 0 Å². The second kappa shape index (κ2) is 5.32. The fraction of sp³-hybridized carbons (Fsp3) is 0. The number of pyridine rings is 1. The highest BCUT2D eigenvalue weighted by atomic mass is 19.1. The van der Waals surface area contributed by atoms with Gasteiger partial charge in [-0.25, -0.2) is 18.2 Å². The molecule has 2 aromatic heterocycles. The second-order valence-electron chi connectivity index (χ2n) is 4.32. The van der Waals surface area contributed by atoms with Crippen LogP contribution in [0.2, 0.25) is 0 Å². The highest BCUT2D eigenvalue weighted by molar-refractivity contribution is 5.67. The van der Waals surface area contributed by atoms with Crippen LogP contribution in [0.25, 0.3) is 22.5 Å². The molecule has 3 aromatic rings. The van der Waals surface area contributed by atoms with Crippen LogP contribution in [-0.2, 0) is 0 Å². The van der Waals surface area contributed by atoms with Gasteiger partial charge in [-0.3, -0.25) is 0 Å². The van der Waals surface area contributed by atoms with Gasteiger partial charge in [0.15, 0.2) is 5.82 Å². The average Bonchev–Trinajstić information content (AvgIpc) is 2.48. The van der Waals surface area contributed by atoms with Crippen LogP contribution in [0.3, 0.4) is 0 Å². The van der Waals surface area contributed by atoms with E-state index in [1.807, 2.05) is 0 Å². The molecule has 3 rings (SSSR count). The van der Waals surface area contributed by atoms with E-state index in [4.69, 9.17) is 0 Å². The van der Waals surface area contributed by atoms with Crippen LogP contribution in [0.1, 0.15) is 0 Å². The van der Waals surface area contributed by atoms with Gasteiger partial charge in [0.2, 0.25) is 0 Å². The van der Waals surface area contributed by atoms with Gasteiger partial charge in [-0.15, -0.1) is 5.10 Å². The Morgan fingerprint density at radius 3 is 2.24 bits per heavy atom. The SMILES string of the molecule is Fc1ccc(-c2cnnc(-c3ncc(F)cc3F)c2)cc1. The summed E-state index contributed by atoms with van der Waals surface area (Å²) in [6, 6.07) is 8.06. The number of rotatable bonds is 2. The van der Waals surface area contributed by atoms with E-state index in [1.54, 1.807) is 18.2 Å². The quantitative estimate of drug-likeness (QED) is 0.722. The van der Waals surface area contributed by atoms with Crippen LogP contribution in [0.4, 0.5) is 13.2 Å². The van der Waals surface area contributed by atoms with E-state index in [9.17, 15) is 13.2 Å². The maximum absolute atomic E-state index is 13.7. The Labute approximate surface area is 118 Å². The van der Waals surface area contributed by atoms with Crippen LogP contribution < -0.4 is 0 Å². The lowest BCUT2D eigenvalue weighted by Gasteiger charge is -2.04. The molecule has 0 bridgehead atoms. The summed E-state index contributed by atoms with van der Waals surface area (Å²) in [7, 11) is 0. The number of hydrogen-bond acceptors (Lipinski definition) is 3. The maximum Gasteiger partial charge on any atom is 0.154 e. The lowest BCUT2D eigenvalue weighted by Crippen LogP contribution is -1.96. The zero-order valence-corrected chi connectivity index (χ0v) is 10.6. The van der Waals surface area contributed by atoms with E-state index >= 15 is 0 Å². The second-order valence-corrected chi connectivity index (χ2v) is 4.32. The maximum atomic E-state index is 13.7. The van der Waals surface area contributed by atoms with Crippen LogP contribution >= 0.6 is 0 Å². The molecule has 1 aromatic carbocycles. The normalized spacial score (nSPS) is 10.6. The molecule has 0 aliphatic rings. The van der Waals surface area contributed by atoms with Crippen molar-refractivity contribution in [1.82, 2.24) is 15.2 Å². The highest BCUT2D eigenvalue weighted by Gasteiger charge is 2.11. The molecule has 104 valence electrons. The van der Waals surface area contributed by atoms with Crippen molar-refractivity contribution in [3.05, 3.63) is 66.2 Å². The van der Waals surface area contributed by atoms with Crippen molar-refractivity contribution in [3.63, 3.8) is 0 Å². The highest BCUT2D eigenvalue weighted by Crippen LogP contribution is 2.24. The molecule has 3 nitrogen and oxygen atoms in total. The Morgan fingerprint density at radius 2 is 1.52 bits per heavy atom. The molecular formula is C15H8F3N3. The summed E-state index contributed by atoms with van der Waals surface area (Å²) in [5.41, 5.74) is 1.42. The lowest BCUT2D eigenvalue weighted by molar-refractivity contribution is 0.575. The summed E-state index contributed by atoms with van der Waals surface area (Å²) in [5, 5.41) is 7.57. The summed E-state index contributed by atoms with van der Waals surface area (Å²) < 4.78 is 39.5. The molecular weight excluding hydrogens is 279 g/mol. The van der Waals surface area contributed by atoms with Gasteiger partial charge < -0.3 is 0 Å². The van der Waals surface area contributed by atoms with Gasteiger partial charge in [0.05, 0.1) is 12.4 Å². The summed E-state index contributed by atoms with van der Waals surface area (Å²) in [6.45, 7) is 0. The monoisotopic (exact) mass is 287 g/mol. The molecule has 0 saturated carbocycles. The first-order valence-corrected chi connectivity index (χ1v) is 6.03. The molecule has 0 unspecified atom stereocenters. The zero-order chi connectivity index (χ0) is 14.8. The van der Waals surface area contributed by atoms with E-state index in [1.165, 1.54) is 18.3 Å². The largest absolute Gasteiger partial charge is 0.248 e. The molecule has 0 fully saturated rings. The van der Waals surface area contributed by atoms with Gasteiger partial charge in [0.1, 0.15) is 23.0 Å². The first kappa shape index (κ1) is 13.2. The number of halogens is 3. The van der Waals surface area contributed by atoms with Crippen LogP contribution in [0.5, 0.6) is 0 Å². The Kier molecular flexibility index (Phi) is 3.35. The van der Waals surface area contributed by atoms with Gasteiger partial charge in [-0.05, 0) is 23.8 Å². The average molecular weight is 287 g/mol. The first-order chi connectivity index (χ1) is 10.1. The van der Waals surface area contributed by atoms with E-state index in [-0.39, 0.29) is 17.2 Å². The van der Waals surface area contributed by atoms with Crippen molar-refractivity contribution in [2.45, 2.75) is 0 Å². The molecule has 0 N–H and O–H groups in total. The van der Waals surface area contributed by atoms with Crippen molar-refractivity contribution >= 4 is 0 Å². The minimum atomic E-state index is -0.819. The van der Waals surface area contributed by atoms with E-state index in [0.717, 1.165) is 12.3 Å². The van der Waals surface area contributed by atoms with Gasteiger partial charge in [-0.1, -0.05) is 12.1 Å². The van der Waals surface area contributed by atoms with Gasteiger partial charge in [0.25, 0.3) is 0 Å². The summed E-state index contributed by atoms with van der Waals surface area (Å²) in [4.78, 5) is 3.68. The Bertz CT molecular complexity index is 788. The third-order valence-corrected chi connectivity index (χ3v) is 2.88. The van der Waals surface area contributed by atoms with Crippen molar-refractivity contribution in [1.29, 1.82) is 0 Å². The molecule has 0 atom stereocenters. The van der Waals surface area contributed by atoms with Crippen LogP contribution in [-0.4, -0.2) is 15.2 Å². The summed E-state index contributed by atoms with van der Waals surface area (Å²) >= 11 is 0. The van der Waals surface area contributed by atoms with Gasteiger partial charge in [0, 0.05) is 11.6 Å². The Hall–Kier alpha value is -2.76. The zero-order valence-electron chi connectivity index (χ0n) is 10.6. The molecule has 2 heterocycles. The standard InChI is InChI=1S/C15H8F3N3/c16-11-3-1-9(2-4-11)10-5-14(21-20-7-10)15-13(18)6-12(17)8-19-15/h1-8H. The number of nitrogens with zero attached hydrogens (tertiary/aromatic N) is 3. The minimum absolute atomic E-state index is 0.0899. The summed E-state index contributed by atoms with van der Waals surface area (Å²) in [5.74, 6) is -1.94. The van der Waals surface area contributed by atoms with Crippen LogP contribution in [0.15, 0.2) is 48.8 Å². The topological polar surface area (TPSA) is 38.7 Å². The van der Waals surface area contributed by atoms with E-state index in [2.05, 4.69) is 15.2 Å². The molecule has 0 radical (unpaired) electrons. The first-order valence-electron chi connectivity index (χ1n) is 6.03. The predicted molar refractivity (Wildman–Crippen MR) is 70.6 cm³/mol. The summed E-state index contributed by atoms with van der Waals surface area (Å²) in [6.07, 6.45) is 2.38. The van der Waals surface area contributed by atoms with Crippen molar-refractivity contribution in [2.24, 2.45) is 0 Å². The Morgan fingerprint density at radius 1 is 0.762 bits per heavy atom. The molecule has 0 saturated heterocycles. The molecule has 0 amide bonds. The molecule has 21 heavy (non-hydrogen) atoms. The smallest absolute Gasteiger partial charge is 0.154 e. The number of aromatic nitrogens is 3. The fourth-order valence-corrected chi connectivity index (χ4v) is 1.89. The molecule has 6 heteroatoms. The lowest BCUT2D eigenvalue weighted by atomic mass is 10.1. The fourth-order valence-electron chi connectivity index (χ4n) is 1.89. The number of benzene rings is 1. The van der Waals surface area contributed by atoms with E-state index < -0.39 is 11.6 Å². The molecule has 0 aliphatic carbocycles. The van der Waals surface area contributed by atoms with Gasteiger partial charge in [-0.2, -0.15) is 5.10 Å². The van der Waals surface area contributed by atoms with Crippen molar-refractivity contribution < 1.29 is 13.2 Å². The molecule has 0 spiro atoms. The minimum Gasteiger partial charge on any atom is -0.248 e. The Balaban J connectivity index is 2.05.